The Morgan fingerprint density at radius 2 is 2.36 bits per heavy atom. The number of aromatic nitrogens is 2. The third-order valence-corrected chi connectivity index (χ3v) is 3.51. The van der Waals surface area contributed by atoms with Crippen molar-refractivity contribution in [1.82, 2.24) is 9.97 Å². The van der Waals surface area contributed by atoms with Crippen molar-refractivity contribution >= 4 is 43.2 Å². The van der Waals surface area contributed by atoms with E-state index in [1.807, 2.05) is 11.4 Å². The molecule has 2 rings (SSSR count). The lowest BCUT2D eigenvalue weighted by molar-refractivity contribution is 1.23. The van der Waals surface area contributed by atoms with Gasteiger partial charge in [0, 0.05) is 26.9 Å². The number of halogens is 2. The highest BCUT2D eigenvalue weighted by molar-refractivity contribution is 9.10. The van der Waals surface area contributed by atoms with Gasteiger partial charge >= 0.3 is 0 Å². The Morgan fingerprint density at radius 1 is 1.50 bits per heavy atom. The summed E-state index contributed by atoms with van der Waals surface area (Å²) in [6.45, 7) is 0. The molecular formula is C9H5Br2N2S. The van der Waals surface area contributed by atoms with Crippen LogP contribution in [0.3, 0.4) is 0 Å². The predicted molar refractivity (Wildman–Crippen MR) is 64.5 cm³/mol. The maximum Gasteiger partial charge on any atom is 0.125 e. The quantitative estimate of drug-likeness (QED) is 0.784. The van der Waals surface area contributed by atoms with Gasteiger partial charge in [-0.15, -0.1) is 11.3 Å². The summed E-state index contributed by atoms with van der Waals surface area (Å²) < 4.78 is 0.946. The Morgan fingerprint density at radius 3 is 3.00 bits per heavy atom. The van der Waals surface area contributed by atoms with Crippen LogP contribution in [0.1, 0.15) is 5.69 Å². The third kappa shape index (κ3) is 2.21. The van der Waals surface area contributed by atoms with Crippen molar-refractivity contribution in [2.45, 2.75) is 5.33 Å². The van der Waals surface area contributed by atoms with Crippen LogP contribution < -0.4 is 0 Å². The van der Waals surface area contributed by atoms with E-state index in [4.69, 9.17) is 0 Å². The van der Waals surface area contributed by atoms with Crippen LogP contribution in [-0.2, 0) is 5.33 Å². The molecule has 5 heteroatoms. The second-order valence-electron chi connectivity index (χ2n) is 2.59. The molecule has 0 fully saturated rings. The van der Waals surface area contributed by atoms with E-state index in [-0.39, 0.29) is 0 Å². The fourth-order valence-electron chi connectivity index (χ4n) is 0.973. The molecule has 14 heavy (non-hydrogen) atoms. The van der Waals surface area contributed by atoms with Gasteiger partial charge in [-0.25, -0.2) is 4.98 Å². The van der Waals surface area contributed by atoms with E-state index in [1.54, 1.807) is 17.5 Å². The average molecular weight is 333 g/mol. The molecule has 2 nitrogen and oxygen atoms in total. The minimum absolute atomic E-state index is 0.783. The number of hydrogen-bond donors (Lipinski definition) is 0. The lowest BCUT2D eigenvalue weighted by atomic mass is 10.3. The number of rotatable bonds is 2. The van der Waals surface area contributed by atoms with Gasteiger partial charge in [0.15, 0.2) is 0 Å². The standard InChI is InChI=1S/C9H5Br2N2S/c10-2-8-5-14-9(13-8)6-1-7(11)4-12-3-6/h1,4-5H,2H2. The first-order valence-corrected chi connectivity index (χ1v) is 6.63. The zero-order valence-corrected chi connectivity index (χ0v) is 11.0. The van der Waals surface area contributed by atoms with Gasteiger partial charge in [-0.2, -0.15) is 0 Å². The highest BCUT2D eigenvalue weighted by atomic mass is 79.9. The monoisotopic (exact) mass is 331 g/mol. The molecule has 1 radical (unpaired) electrons. The van der Waals surface area contributed by atoms with Crippen molar-refractivity contribution < 1.29 is 0 Å². The fraction of sp³-hybridized carbons (Fsp3) is 0.111. The molecule has 0 unspecified atom stereocenters. The Balaban J connectivity index is 2.39. The molecule has 0 saturated heterocycles. The molecule has 0 amide bonds. The van der Waals surface area contributed by atoms with Crippen molar-refractivity contribution in [3.05, 3.63) is 34.0 Å². The Bertz CT molecular complexity index is 442. The van der Waals surface area contributed by atoms with Gasteiger partial charge < -0.3 is 0 Å². The minimum atomic E-state index is 0.783. The molecule has 0 atom stereocenters. The molecular weight excluding hydrogens is 328 g/mol. The molecule has 2 aromatic rings. The largest absolute Gasteiger partial charge is 0.253 e. The maximum absolute atomic E-state index is 4.42. The second kappa shape index (κ2) is 4.51. The first-order chi connectivity index (χ1) is 6.79. The zero-order valence-electron chi connectivity index (χ0n) is 7.00. The van der Waals surface area contributed by atoms with Crippen molar-refractivity contribution in [3.8, 4) is 10.6 Å². The number of hydrogen-bond acceptors (Lipinski definition) is 3. The molecule has 0 aliphatic rings. The van der Waals surface area contributed by atoms with Crippen molar-refractivity contribution in [2.75, 3.05) is 0 Å². The van der Waals surface area contributed by atoms with E-state index in [0.717, 1.165) is 26.1 Å². The summed E-state index contributed by atoms with van der Waals surface area (Å²) in [4.78, 5) is 8.40. The van der Waals surface area contributed by atoms with Crippen LogP contribution in [0, 0.1) is 6.20 Å². The summed E-state index contributed by atoms with van der Waals surface area (Å²) in [6, 6.07) is 1.96. The zero-order chi connectivity index (χ0) is 9.97. The molecule has 0 aromatic carbocycles. The fourth-order valence-corrected chi connectivity index (χ4v) is 2.59. The van der Waals surface area contributed by atoms with Gasteiger partial charge in [0.25, 0.3) is 0 Å². The van der Waals surface area contributed by atoms with E-state index in [0.29, 0.717) is 0 Å². The highest BCUT2D eigenvalue weighted by Crippen LogP contribution is 2.25. The van der Waals surface area contributed by atoms with Crippen molar-refractivity contribution in [3.63, 3.8) is 0 Å². The Kier molecular flexibility index (Phi) is 3.30. The summed E-state index contributed by atoms with van der Waals surface area (Å²) >= 11 is 8.34. The number of pyridine rings is 1. The molecule has 0 saturated carbocycles. The molecule has 2 heterocycles. The molecule has 0 N–H and O–H groups in total. The van der Waals surface area contributed by atoms with E-state index in [2.05, 4.69) is 48.0 Å². The molecule has 2 aromatic heterocycles. The van der Waals surface area contributed by atoms with E-state index >= 15 is 0 Å². The van der Waals surface area contributed by atoms with E-state index in [1.165, 1.54) is 0 Å². The SMILES string of the molecule is BrCc1csc(-c2[c]ncc(Br)c2)n1. The number of nitrogens with zero attached hydrogens (tertiary/aromatic N) is 2. The number of alkyl halides is 1. The summed E-state index contributed by atoms with van der Waals surface area (Å²) in [6.07, 6.45) is 4.63. The Hall–Kier alpha value is -0.260. The summed E-state index contributed by atoms with van der Waals surface area (Å²) in [5, 5.41) is 3.76. The van der Waals surface area contributed by atoms with Gasteiger partial charge in [0.1, 0.15) is 5.01 Å². The van der Waals surface area contributed by atoms with Gasteiger partial charge in [-0.1, -0.05) is 15.9 Å². The van der Waals surface area contributed by atoms with Crippen LogP contribution in [0.2, 0.25) is 0 Å². The summed E-state index contributed by atoms with van der Waals surface area (Å²) in [5.41, 5.74) is 1.97. The summed E-state index contributed by atoms with van der Waals surface area (Å²) in [5.74, 6) is 0. The van der Waals surface area contributed by atoms with Gasteiger partial charge in [0.05, 0.1) is 11.9 Å². The van der Waals surface area contributed by atoms with E-state index in [9.17, 15) is 0 Å². The minimum Gasteiger partial charge on any atom is -0.253 e. The van der Waals surface area contributed by atoms with Crippen LogP contribution >= 0.6 is 43.2 Å². The van der Waals surface area contributed by atoms with Crippen LogP contribution in [0.4, 0.5) is 0 Å². The normalized spacial score (nSPS) is 10.4. The van der Waals surface area contributed by atoms with Crippen molar-refractivity contribution in [2.24, 2.45) is 0 Å². The topological polar surface area (TPSA) is 25.8 Å². The number of thiazole rings is 1. The lowest BCUT2D eigenvalue weighted by Gasteiger charge is -1.94. The molecule has 71 valence electrons. The van der Waals surface area contributed by atoms with Gasteiger partial charge in [0.2, 0.25) is 0 Å². The van der Waals surface area contributed by atoms with Gasteiger partial charge in [-0.3, -0.25) is 4.98 Å². The highest BCUT2D eigenvalue weighted by Gasteiger charge is 2.04. The van der Waals surface area contributed by atoms with Crippen LogP contribution in [0.25, 0.3) is 10.6 Å². The molecule has 0 spiro atoms. The van der Waals surface area contributed by atoms with Crippen LogP contribution in [0.15, 0.2) is 22.1 Å². The molecule has 0 aliphatic carbocycles. The van der Waals surface area contributed by atoms with E-state index < -0.39 is 0 Å². The van der Waals surface area contributed by atoms with Crippen LogP contribution in [-0.4, -0.2) is 9.97 Å². The summed E-state index contributed by atoms with van der Waals surface area (Å²) in [7, 11) is 0. The first-order valence-electron chi connectivity index (χ1n) is 3.83. The average Bonchev–Trinajstić information content (AvgIpc) is 2.66. The molecule has 0 bridgehead atoms. The van der Waals surface area contributed by atoms with Crippen LogP contribution in [0.5, 0.6) is 0 Å². The molecule has 0 aliphatic heterocycles. The first kappa shape index (κ1) is 10.3. The second-order valence-corrected chi connectivity index (χ2v) is 4.93. The predicted octanol–water partition coefficient (Wildman–Crippen LogP) is 3.66. The Labute approximate surface area is 103 Å². The van der Waals surface area contributed by atoms with Gasteiger partial charge in [-0.05, 0) is 22.0 Å². The smallest absolute Gasteiger partial charge is 0.125 e. The third-order valence-electron chi connectivity index (χ3n) is 1.57. The lowest BCUT2D eigenvalue weighted by Crippen LogP contribution is -1.81. The van der Waals surface area contributed by atoms with Crippen molar-refractivity contribution in [1.29, 1.82) is 0 Å². The maximum atomic E-state index is 4.42.